The zero-order chi connectivity index (χ0) is 21.0. The standard InChI is InChI=1S/C17H13Cl3N4O3S2/c18-11-3-1-10(2-4-11)7-8-21-29(26,27)17-24-23-16(28-17)22-15(25)13-6-5-12(19)9-14(13)20/h1-6,9,21H,7-8H2,(H,22,23,25). The Kier molecular flexibility index (Phi) is 7.10. The molecular weight excluding hydrogens is 479 g/mol. The molecule has 0 saturated carbocycles. The topological polar surface area (TPSA) is 101 Å². The van der Waals surface area contributed by atoms with E-state index in [4.69, 9.17) is 34.8 Å². The van der Waals surface area contributed by atoms with E-state index in [2.05, 4.69) is 20.2 Å². The predicted molar refractivity (Wildman–Crippen MR) is 115 cm³/mol. The molecule has 0 atom stereocenters. The summed E-state index contributed by atoms with van der Waals surface area (Å²) in [5.41, 5.74) is 1.11. The van der Waals surface area contributed by atoms with E-state index in [-0.39, 0.29) is 26.6 Å². The summed E-state index contributed by atoms with van der Waals surface area (Å²) in [7, 11) is -3.86. The Morgan fingerprint density at radius 3 is 2.38 bits per heavy atom. The molecule has 1 heterocycles. The second kappa shape index (κ2) is 9.38. The normalized spacial score (nSPS) is 11.4. The zero-order valence-electron chi connectivity index (χ0n) is 14.5. The van der Waals surface area contributed by atoms with Crippen LogP contribution in [0.4, 0.5) is 5.13 Å². The molecule has 3 rings (SSSR count). The van der Waals surface area contributed by atoms with Crippen molar-refractivity contribution < 1.29 is 13.2 Å². The predicted octanol–water partition coefficient (Wildman–Crippen LogP) is 4.27. The summed E-state index contributed by atoms with van der Waals surface area (Å²) in [5.74, 6) is -0.553. The van der Waals surface area contributed by atoms with Gasteiger partial charge in [0.2, 0.25) is 9.47 Å². The number of carbonyl (C=O) groups is 1. The Bertz CT molecular complexity index is 1140. The van der Waals surface area contributed by atoms with Gasteiger partial charge in [-0.3, -0.25) is 10.1 Å². The lowest BCUT2D eigenvalue weighted by Gasteiger charge is -2.04. The quantitative estimate of drug-likeness (QED) is 0.481. The molecule has 152 valence electrons. The first-order chi connectivity index (χ1) is 13.7. The van der Waals surface area contributed by atoms with Crippen LogP contribution in [-0.4, -0.2) is 31.1 Å². The lowest BCUT2D eigenvalue weighted by atomic mass is 10.2. The molecule has 2 aromatic carbocycles. The van der Waals surface area contributed by atoms with Crippen LogP contribution in [0.3, 0.4) is 0 Å². The number of rotatable bonds is 7. The third-order valence-electron chi connectivity index (χ3n) is 3.65. The van der Waals surface area contributed by atoms with E-state index >= 15 is 0 Å². The summed E-state index contributed by atoms with van der Waals surface area (Å²) in [6.07, 6.45) is 0.480. The number of carbonyl (C=O) groups excluding carboxylic acids is 1. The van der Waals surface area contributed by atoms with Crippen LogP contribution in [0.25, 0.3) is 0 Å². The minimum Gasteiger partial charge on any atom is -0.296 e. The van der Waals surface area contributed by atoms with Crippen LogP contribution in [-0.2, 0) is 16.4 Å². The van der Waals surface area contributed by atoms with Crippen molar-refractivity contribution in [2.75, 3.05) is 11.9 Å². The highest BCUT2D eigenvalue weighted by molar-refractivity contribution is 7.91. The number of halogens is 3. The number of benzene rings is 2. The fourth-order valence-electron chi connectivity index (χ4n) is 2.25. The fourth-order valence-corrected chi connectivity index (χ4v) is 4.84. The van der Waals surface area contributed by atoms with Crippen molar-refractivity contribution >= 4 is 67.2 Å². The average Bonchev–Trinajstić information content (AvgIpc) is 3.12. The van der Waals surface area contributed by atoms with Crippen molar-refractivity contribution in [1.82, 2.24) is 14.9 Å². The first-order valence-corrected chi connectivity index (χ1v) is 11.5. The third-order valence-corrected chi connectivity index (χ3v) is 7.12. The number of nitrogens with zero attached hydrogens (tertiary/aromatic N) is 2. The summed E-state index contributed by atoms with van der Waals surface area (Å²) in [4.78, 5) is 12.3. The van der Waals surface area contributed by atoms with E-state index < -0.39 is 15.9 Å². The SMILES string of the molecule is O=C(Nc1nnc(S(=O)(=O)NCCc2ccc(Cl)cc2)s1)c1ccc(Cl)cc1Cl. The number of nitrogens with one attached hydrogen (secondary N) is 2. The van der Waals surface area contributed by atoms with E-state index in [1.54, 1.807) is 12.1 Å². The van der Waals surface area contributed by atoms with Gasteiger partial charge in [0.15, 0.2) is 0 Å². The molecule has 0 aliphatic carbocycles. The highest BCUT2D eigenvalue weighted by atomic mass is 35.5. The minimum atomic E-state index is -3.86. The lowest BCUT2D eigenvalue weighted by Crippen LogP contribution is -2.25. The molecule has 0 aliphatic heterocycles. The van der Waals surface area contributed by atoms with Crippen molar-refractivity contribution in [2.45, 2.75) is 10.8 Å². The number of hydrogen-bond donors (Lipinski definition) is 2. The Morgan fingerprint density at radius 1 is 1.00 bits per heavy atom. The zero-order valence-corrected chi connectivity index (χ0v) is 18.4. The summed E-state index contributed by atoms with van der Waals surface area (Å²) in [6, 6.07) is 11.5. The molecule has 0 fully saturated rings. The molecule has 12 heteroatoms. The van der Waals surface area contributed by atoms with Crippen LogP contribution < -0.4 is 10.0 Å². The number of anilines is 1. The largest absolute Gasteiger partial charge is 0.296 e. The number of aromatic nitrogens is 2. The van der Waals surface area contributed by atoms with Gasteiger partial charge in [-0.15, -0.1) is 10.2 Å². The Morgan fingerprint density at radius 2 is 1.69 bits per heavy atom. The van der Waals surface area contributed by atoms with E-state index in [1.165, 1.54) is 18.2 Å². The van der Waals surface area contributed by atoms with Gasteiger partial charge in [-0.25, -0.2) is 13.1 Å². The maximum atomic E-state index is 12.4. The molecule has 0 aliphatic rings. The van der Waals surface area contributed by atoms with Gasteiger partial charge in [0.1, 0.15) is 0 Å². The minimum absolute atomic E-state index is 0.0269. The molecule has 7 nitrogen and oxygen atoms in total. The molecule has 0 radical (unpaired) electrons. The third kappa shape index (κ3) is 5.88. The maximum Gasteiger partial charge on any atom is 0.269 e. The Labute approximate surface area is 186 Å². The van der Waals surface area contributed by atoms with Gasteiger partial charge in [-0.2, -0.15) is 0 Å². The summed E-state index contributed by atoms with van der Waals surface area (Å²) >= 11 is 18.4. The van der Waals surface area contributed by atoms with Gasteiger partial charge in [0, 0.05) is 16.6 Å². The van der Waals surface area contributed by atoms with Gasteiger partial charge < -0.3 is 0 Å². The Balaban J connectivity index is 1.61. The second-order valence-corrected chi connectivity index (χ2v) is 9.92. The van der Waals surface area contributed by atoms with Gasteiger partial charge in [0.05, 0.1) is 10.6 Å². The van der Waals surface area contributed by atoms with Crippen LogP contribution in [0.2, 0.25) is 15.1 Å². The maximum absolute atomic E-state index is 12.4. The summed E-state index contributed by atoms with van der Waals surface area (Å²) < 4.78 is 26.9. The molecule has 0 saturated heterocycles. The summed E-state index contributed by atoms with van der Waals surface area (Å²) in [5, 5.41) is 11.0. The van der Waals surface area contributed by atoms with Crippen molar-refractivity contribution in [3.8, 4) is 0 Å². The Hall–Kier alpha value is -1.75. The highest BCUT2D eigenvalue weighted by Crippen LogP contribution is 2.24. The smallest absolute Gasteiger partial charge is 0.269 e. The van der Waals surface area contributed by atoms with Crippen LogP contribution in [0.1, 0.15) is 15.9 Å². The van der Waals surface area contributed by atoms with Gasteiger partial charge in [-0.05, 0) is 42.3 Å². The van der Waals surface area contributed by atoms with Crippen molar-refractivity contribution in [2.24, 2.45) is 0 Å². The average molecular weight is 492 g/mol. The van der Waals surface area contributed by atoms with Crippen LogP contribution >= 0.6 is 46.1 Å². The van der Waals surface area contributed by atoms with Crippen LogP contribution in [0.15, 0.2) is 46.8 Å². The fraction of sp³-hybridized carbons (Fsp3) is 0.118. The molecule has 2 N–H and O–H groups in total. The van der Waals surface area contributed by atoms with Crippen molar-refractivity contribution in [1.29, 1.82) is 0 Å². The van der Waals surface area contributed by atoms with E-state index in [1.807, 2.05) is 12.1 Å². The number of amides is 1. The molecule has 29 heavy (non-hydrogen) atoms. The van der Waals surface area contributed by atoms with Crippen LogP contribution in [0, 0.1) is 0 Å². The first-order valence-electron chi connectivity index (χ1n) is 8.08. The van der Waals surface area contributed by atoms with Gasteiger partial charge >= 0.3 is 0 Å². The molecule has 3 aromatic rings. The lowest BCUT2D eigenvalue weighted by molar-refractivity contribution is 0.102. The number of sulfonamides is 1. The van der Waals surface area contributed by atoms with E-state index in [9.17, 15) is 13.2 Å². The molecule has 1 aromatic heterocycles. The van der Waals surface area contributed by atoms with Gasteiger partial charge in [0.25, 0.3) is 15.9 Å². The molecule has 0 unspecified atom stereocenters. The number of hydrogen-bond acceptors (Lipinski definition) is 6. The highest BCUT2D eigenvalue weighted by Gasteiger charge is 2.21. The van der Waals surface area contributed by atoms with Crippen molar-refractivity contribution in [3.05, 3.63) is 68.7 Å². The van der Waals surface area contributed by atoms with Crippen molar-refractivity contribution in [3.63, 3.8) is 0 Å². The summed E-state index contributed by atoms with van der Waals surface area (Å²) in [6.45, 7) is 0.172. The second-order valence-electron chi connectivity index (χ2n) is 5.73. The monoisotopic (exact) mass is 490 g/mol. The molecule has 0 bridgehead atoms. The molecule has 1 amide bonds. The van der Waals surface area contributed by atoms with E-state index in [0.29, 0.717) is 16.5 Å². The molecule has 0 spiro atoms. The van der Waals surface area contributed by atoms with Gasteiger partial charge in [-0.1, -0.05) is 58.3 Å². The first kappa shape index (κ1) is 21.9. The van der Waals surface area contributed by atoms with E-state index in [0.717, 1.165) is 16.9 Å². The molecular formula is C17H13Cl3N4O3S2. The van der Waals surface area contributed by atoms with Crippen LogP contribution in [0.5, 0.6) is 0 Å².